The average Bonchev–Trinajstić information content (AvgIpc) is 2.57. The maximum absolute atomic E-state index is 12.1. The van der Waals surface area contributed by atoms with Gasteiger partial charge >= 0.3 is 0 Å². The summed E-state index contributed by atoms with van der Waals surface area (Å²) >= 11 is 0. The first-order chi connectivity index (χ1) is 11.2. The molecular weight excluding hydrogens is 330 g/mol. The van der Waals surface area contributed by atoms with E-state index in [0.717, 1.165) is 18.7 Å². The number of nitrogens with zero attached hydrogens (tertiary/aromatic N) is 1. The summed E-state index contributed by atoms with van der Waals surface area (Å²) in [4.78, 5) is 25.7. The summed E-state index contributed by atoms with van der Waals surface area (Å²) in [6.07, 6.45) is 1.62. The molecule has 1 aliphatic heterocycles. The molecule has 6 nitrogen and oxygen atoms in total. The van der Waals surface area contributed by atoms with Crippen LogP contribution >= 0.6 is 12.4 Å². The number of aryl methyl sites for hydroxylation is 1. The maximum atomic E-state index is 12.1. The minimum Gasteiger partial charge on any atom is -0.383 e. The molecule has 7 heteroatoms. The number of hydrogen-bond donors (Lipinski definition) is 2. The van der Waals surface area contributed by atoms with Crippen LogP contribution in [0.15, 0.2) is 24.3 Å². The molecule has 0 unspecified atom stereocenters. The van der Waals surface area contributed by atoms with Crippen LogP contribution < -0.4 is 15.5 Å². The van der Waals surface area contributed by atoms with E-state index < -0.39 is 0 Å². The average molecular weight is 356 g/mol. The van der Waals surface area contributed by atoms with Gasteiger partial charge < -0.3 is 20.3 Å². The van der Waals surface area contributed by atoms with E-state index in [0.29, 0.717) is 39.1 Å². The number of benzene rings is 1. The lowest BCUT2D eigenvalue weighted by atomic mass is 10.0. The Labute approximate surface area is 149 Å². The molecule has 2 amide bonds. The number of carbonyl (C=O) groups excluding carboxylic acids is 2. The molecule has 1 heterocycles. The highest BCUT2D eigenvalue weighted by molar-refractivity contribution is 5.96. The molecule has 0 atom stereocenters. The lowest BCUT2D eigenvalue weighted by molar-refractivity contribution is -0.121. The van der Waals surface area contributed by atoms with E-state index in [2.05, 4.69) is 10.6 Å². The minimum atomic E-state index is -0.0330. The Morgan fingerprint density at radius 1 is 1.21 bits per heavy atom. The number of carbonyl (C=O) groups is 2. The van der Waals surface area contributed by atoms with Gasteiger partial charge in [0.05, 0.1) is 6.61 Å². The molecule has 134 valence electrons. The second-order valence-corrected chi connectivity index (χ2v) is 5.52. The Morgan fingerprint density at radius 2 is 2.00 bits per heavy atom. The zero-order chi connectivity index (χ0) is 16.5. The van der Waals surface area contributed by atoms with Gasteiger partial charge in [0, 0.05) is 51.8 Å². The van der Waals surface area contributed by atoms with E-state index in [9.17, 15) is 9.59 Å². The van der Waals surface area contributed by atoms with Crippen molar-refractivity contribution in [3.8, 4) is 0 Å². The van der Waals surface area contributed by atoms with Crippen LogP contribution in [0.4, 0.5) is 5.69 Å². The number of methoxy groups -OCH3 is 1. The smallest absolute Gasteiger partial charge is 0.227 e. The van der Waals surface area contributed by atoms with Gasteiger partial charge in [0.2, 0.25) is 11.8 Å². The van der Waals surface area contributed by atoms with Crippen LogP contribution in [0.3, 0.4) is 0 Å². The van der Waals surface area contributed by atoms with Crippen molar-refractivity contribution in [2.45, 2.75) is 19.3 Å². The van der Waals surface area contributed by atoms with Gasteiger partial charge in [-0.15, -0.1) is 12.4 Å². The number of nitrogens with one attached hydrogen (secondary N) is 2. The van der Waals surface area contributed by atoms with Crippen LogP contribution in [-0.4, -0.2) is 51.7 Å². The molecule has 2 N–H and O–H groups in total. The Kier molecular flexibility index (Phi) is 9.37. The highest BCUT2D eigenvalue weighted by Gasteiger charge is 2.23. The predicted octanol–water partition coefficient (Wildman–Crippen LogP) is 1.13. The molecule has 0 fully saturated rings. The molecule has 0 aromatic heterocycles. The Morgan fingerprint density at radius 3 is 2.79 bits per heavy atom. The van der Waals surface area contributed by atoms with Gasteiger partial charge in [-0.05, 0) is 18.1 Å². The summed E-state index contributed by atoms with van der Waals surface area (Å²) in [7, 11) is 1.66. The lowest BCUT2D eigenvalue weighted by Crippen LogP contribution is -2.39. The molecule has 0 aliphatic carbocycles. The second-order valence-electron chi connectivity index (χ2n) is 5.52. The molecule has 0 bridgehead atoms. The monoisotopic (exact) mass is 355 g/mol. The zero-order valence-electron chi connectivity index (χ0n) is 14.0. The van der Waals surface area contributed by atoms with E-state index in [4.69, 9.17) is 4.74 Å². The van der Waals surface area contributed by atoms with E-state index in [1.807, 2.05) is 24.3 Å². The Balaban J connectivity index is 0.00000288. The van der Waals surface area contributed by atoms with Crippen LogP contribution in [-0.2, 0) is 20.7 Å². The molecule has 1 aromatic rings. The Bertz CT molecular complexity index is 540. The van der Waals surface area contributed by atoms with Crippen molar-refractivity contribution in [3.05, 3.63) is 29.8 Å². The predicted molar refractivity (Wildman–Crippen MR) is 96.7 cm³/mol. The molecular formula is C17H26ClN3O3. The number of hydrogen-bond acceptors (Lipinski definition) is 4. The number of ether oxygens (including phenoxy) is 1. The van der Waals surface area contributed by atoms with Crippen molar-refractivity contribution < 1.29 is 14.3 Å². The number of halogens is 1. The van der Waals surface area contributed by atoms with Crippen molar-refractivity contribution in [1.29, 1.82) is 0 Å². The third kappa shape index (κ3) is 6.11. The number of rotatable bonds is 9. The van der Waals surface area contributed by atoms with E-state index >= 15 is 0 Å². The molecule has 2 rings (SSSR count). The fourth-order valence-electron chi connectivity index (χ4n) is 2.63. The lowest BCUT2D eigenvalue weighted by Gasteiger charge is -2.29. The molecule has 0 radical (unpaired) electrons. The summed E-state index contributed by atoms with van der Waals surface area (Å²) in [6.45, 7) is 3.14. The van der Waals surface area contributed by atoms with Crippen molar-refractivity contribution in [3.63, 3.8) is 0 Å². The SMILES string of the molecule is COCCNCCNC(=O)CCN1C(=O)CCc2ccccc21.Cl. The van der Waals surface area contributed by atoms with Gasteiger partial charge in [-0.25, -0.2) is 0 Å². The highest BCUT2D eigenvalue weighted by Crippen LogP contribution is 2.27. The second kappa shape index (κ2) is 11.0. The van der Waals surface area contributed by atoms with Gasteiger partial charge in [-0.2, -0.15) is 0 Å². The third-order valence-corrected chi connectivity index (χ3v) is 3.86. The minimum absolute atomic E-state index is 0. The van der Waals surface area contributed by atoms with Gasteiger partial charge in [0.25, 0.3) is 0 Å². The van der Waals surface area contributed by atoms with Crippen molar-refractivity contribution in [2.75, 3.05) is 44.8 Å². The molecule has 24 heavy (non-hydrogen) atoms. The number of fused-ring (bicyclic) bond motifs is 1. The largest absolute Gasteiger partial charge is 0.383 e. The molecule has 0 saturated carbocycles. The van der Waals surface area contributed by atoms with Crippen LogP contribution in [0.1, 0.15) is 18.4 Å². The van der Waals surface area contributed by atoms with Crippen molar-refractivity contribution in [2.24, 2.45) is 0 Å². The van der Waals surface area contributed by atoms with Gasteiger partial charge in [-0.3, -0.25) is 9.59 Å². The number of amides is 2. The number of anilines is 1. The summed E-state index contributed by atoms with van der Waals surface area (Å²) in [5.74, 6) is 0.0622. The molecule has 0 saturated heterocycles. The van der Waals surface area contributed by atoms with Crippen molar-refractivity contribution in [1.82, 2.24) is 10.6 Å². The quantitative estimate of drug-likeness (QED) is 0.651. The Hall–Kier alpha value is -1.63. The molecule has 1 aromatic carbocycles. The maximum Gasteiger partial charge on any atom is 0.227 e. The van der Waals surface area contributed by atoms with E-state index in [1.165, 1.54) is 5.56 Å². The standard InChI is InChI=1S/C17H25N3O3.ClH/c1-23-13-11-18-9-10-19-16(21)8-12-20-15-5-3-2-4-14(15)6-7-17(20)22;/h2-5,18H,6-13H2,1H3,(H,19,21);1H. The topological polar surface area (TPSA) is 70.7 Å². The van der Waals surface area contributed by atoms with E-state index in [1.54, 1.807) is 12.0 Å². The zero-order valence-corrected chi connectivity index (χ0v) is 14.9. The molecule has 1 aliphatic rings. The van der Waals surface area contributed by atoms with Crippen LogP contribution in [0.5, 0.6) is 0 Å². The van der Waals surface area contributed by atoms with Crippen LogP contribution in [0.2, 0.25) is 0 Å². The van der Waals surface area contributed by atoms with Gasteiger partial charge in [0.15, 0.2) is 0 Å². The first kappa shape index (κ1) is 20.4. The normalized spacial score (nSPS) is 13.2. The van der Waals surface area contributed by atoms with Crippen molar-refractivity contribution >= 4 is 29.9 Å². The third-order valence-electron chi connectivity index (χ3n) is 3.86. The van der Waals surface area contributed by atoms with Crippen LogP contribution in [0, 0.1) is 0 Å². The molecule has 0 spiro atoms. The first-order valence-corrected chi connectivity index (χ1v) is 8.07. The summed E-state index contributed by atoms with van der Waals surface area (Å²) in [5, 5.41) is 6.02. The fourth-order valence-corrected chi connectivity index (χ4v) is 2.63. The fraction of sp³-hybridized carbons (Fsp3) is 0.529. The summed E-state index contributed by atoms with van der Waals surface area (Å²) in [5.41, 5.74) is 2.12. The van der Waals surface area contributed by atoms with Gasteiger partial charge in [0.1, 0.15) is 0 Å². The van der Waals surface area contributed by atoms with Gasteiger partial charge in [-0.1, -0.05) is 18.2 Å². The summed E-state index contributed by atoms with van der Waals surface area (Å²) < 4.78 is 4.93. The summed E-state index contributed by atoms with van der Waals surface area (Å²) in [6, 6.07) is 7.90. The van der Waals surface area contributed by atoms with Crippen LogP contribution in [0.25, 0.3) is 0 Å². The number of para-hydroxylation sites is 1. The highest BCUT2D eigenvalue weighted by atomic mass is 35.5. The first-order valence-electron chi connectivity index (χ1n) is 8.07. The van der Waals surface area contributed by atoms with E-state index in [-0.39, 0.29) is 24.2 Å².